The quantitative estimate of drug-likeness (QED) is 0.807. The molecule has 4 heteroatoms. The summed E-state index contributed by atoms with van der Waals surface area (Å²) in [6.45, 7) is 2.70. The first kappa shape index (κ1) is 12.1. The van der Waals surface area contributed by atoms with Gasteiger partial charge >= 0.3 is 0 Å². The van der Waals surface area contributed by atoms with E-state index in [1.54, 1.807) is 6.07 Å². The number of carbonyl (C=O) groups is 1. The number of nitrogens with zero attached hydrogens (tertiary/aromatic N) is 1. The summed E-state index contributed by atoms with van der Waals surface area (Å²) < 4.78 is 0. The van der Waals surface area contributed by atoms with Crippen molar-refractivity contribution in [2.24, 2.45) is 11.5 Å². The third-order valence-electron chi connectivity index (χ3n) is 3.22. The van der Waals surface area contributed by atoms with Crippen molar-refractivity contribution in [3.63, 3.8) is 0 Å². The molecule has 17 heavy (non-hydrogen) atoms. The van der Waals surface area contributed by atoms with Gasteiger partial charge in [-0.2, -0.15) is 0 Å². The smallest absolute Gasteiger partial charge is 0.249 e. The number of nitrogens with two attached hydrogens (primary N) is 2. The summed E-state index contributed by atoms with van der Waals surface area (Å²) in [5, 5.41) is 0. The molecule has 1 amide bonds. The second-order valence-electron chi connectivity index (χ2n) is 4.66. The van der Waals surface area contributed by atoms with Crippen LogP contribution in [0.15, 0.2) is 24.3 Å². The lowest BCUT2D eigenvalue weighted by Crippen LogP contribution is -2.42. The topological polar surface area (TPSA) is 72.4 Å². The van der Waals surface area contributed by atoms with Gasteiger partial charge in [0.1, 0.15) is 0 Å². The Hall–Kier alpha value is -1.39. The molecule has 2 rings (SSSR count). The Morgan fingerprint density at radius 2 is 2.18 bits per heavy atom. The van der Waals surface area contributed by atoms with Crippen molar-refractivity contribution in [1.82, 2.24) is 4.90 Å². The van der Waals surface area contributed by atoms with E-state index >= 15 is 0 Å². The van der Waals surface area contributed by atoms with Crippen LogP contribution in [0.2, 0.25) is 0 Å². The number of benzene rings is 1. The minimum atomic E-state index is -0.359. The Kier molecular flexibility index (Phi) is 3.76. The van der Waals surface area contributed by atoms with Gasteiger partial charge in [-0.05, 0) is 31.0 Å². The Morgan fingerprint density at radius 1 is 1.41 bits per heavy atom. The zero-order valence-corrected chi connectivity index (χ0v) is 9.93. The fourth-order valence-corrected chi connectivity index (χ4v) is 2.37. The molecule has 1 heterocycles. The van der Waals surface area contributed by atoms with Crippen LogP contribution in [0.4, 0.5) is 0 Å². The molecule has 0 bridgehead atoms. The van der Waals surface area contributed by atoms with Crippen molar-refractivity contribution in [2.75, 3.05) is 13.1 Å². The first-order valence-corrected chi connectivity index (χ1v) is 6.02. The molecule has 1 aliphatic rings. The number of hydrogen-bond acceptors (Lipinski definition) is 3. The van der Waals surface area contributed by atoms with Crippen LogP contribution in [-0.2, 0) is 6.54 Å². The van der Waals surface area contributed by atoms with Crippen molar-refractivity contribution in [2.45, 2.75) is 25.4 Å². The zero-order valence-electron chi connectivity index (χ0n) is 9.93. The average molecular weight is 233 g/mol. The van der Waals surface area contributed by atoms with Gasteiger partial charge in [0, 0.05) is 24.7 Å². The lowest BCUT2D eigenvalue weighted by molar-refractivity contribution is 0.0997. The number of rotatable bonds is 3. The molecule has 0 saturated carbocycles. The van der Waals surface area contributed by atoms with Crippen LogP contribution in [0.5, 0.6) is 0 Å². The first-order valence-electron chi connectivity index (χ1n) is 6.02. The minimum Gasteiger partial charge on any atom is -0.366 e. The molecular formula is C13H19N3O. The van der Waals surface area contributed by atoms with Gasteiger partial charge in [-0.1, -0.05) is 18.2 Å². The number of carbonyl (C=O) groups excluding carboxylic acids is 1. The van der Waals surface area contributed by atoms with E-state index in [1.165, 1.54) is 0 Å². The second-order valence-corrected chi connectivity index (χ2v) is 4.66. The van der Waals surface area contributed by atoms with E-state index in [2.05, 4.69) is 4.90 Å². The maximum absolute atomic E-state index is 11.3. The molecule has 0 aliphatic carbocycles. The normalized spacial score (nSPS) is 21.4. The summed E-state index contributed by atoms with van der Waals surface area (Å²) in [5.74, 6) is -0.359. The highest BCUT2D eigenvalue weighted by molar-refractivity contribution is 5.94. The number of primary amides is 1. The molecule has 92 valence electrons. The molecule has 0 aromatic heterocycles. The van der Waals surface area contributed by atoms with E-state index in [1.807, 2.05) is 18.2 Å². The highest BCUT2D eigenvalue weighted by Crippen LogP contribution is 2.15. The number of piperidine rings is 1. The Labute approximate surface area is 102 Å². The third kappa shape index (κ3) is 3.05. The summed E-state index contributed by atoms with van der Waals surface area (Å²) in [4.78, 5) is 13.6. The van der Waals surface area contributed by atoms with Crippen LogP contribution in [0.25, 0.3) is 0 Å². The molecule has 4 N–H and O–H groups in total. The van der Waals surface area contributed by atoms with Crippen molar-refractivity contribution in [3.05, 3.63) is 35.4 Å². The van der Waals surface area contributed by atoms with E-state index in [9.17, 15) is 4.79 Å². The molecule has 1 aromatic rings. The van der Waals surface area contributed by atoms with E-state index in [4.69, 9.17) is 11.5 Å². The molecule has 0 radical (unpaired) electrons. The lowest BCUT2D eigenvalue weighted by atomic mass is 10.0. The maximum Gasteiger partial charge on any atom is 0.249 e. The fraction of sp³-hybridized carbons (Fsp3) is 0.462. The number of likely N-dealkylation sites (tertiary alicyclic amines) is 1. The lowest BCUT2D eigenvalue weighted by Gasteiger charge is -2.31. The van der Waals surface area contributed by atoms with Crippen molar-refractivity contribution in [1.29, 1.82) is 0 Å². The molecule has 1 atom stereocenters. The van der Waals surface area contributed by atoms with E-state index in [-0.39, 0.29) is 11.9 Å². The standard InChI is InChI=1S/C13H19N3O/c14-11-5-3-7-16(9-11)8-10-4-1-2-6-12(10)13(15)17/h1-2,4,6,11H,3,5,7-9,14H2,(H2,15,17)/t11-/m1/s1. The van der Waals surface area contributed by atoms with Gasteiger partial charge in [0.05, 0.1) is 0 Å². The fourth-order valence-electron chi connectivity index (χ4n) is 2.37. The van der Waals surface area contributed by atoms with E-state index < -0.39 is 0 Å². The van der Waals surface area contributed by atoms with Gasteiger partial charge in [0.15, 0.2) is 0 Å². The van der Waals surface area contributed by atoms with Crippen molar-refractivity contribution < 1.29 is 4.79 Å². The summed E-state index contributed by atoms with van der Waals surface area (Å²) in [6.07, 6.45) is 2.22. The maximum atomic E-state index is 11.3. The van der Waals surface area contributed by atoms with Crippen LogP contribution >= 0.6 is 0 Å². The Bertz CT molecular complexity index is 405. The minimum absolute atomic E-state index is 0.254. The van der Waals surface area contributed by atoms with Crippen molar-refractivity contribution >= 4 is 5.91 Å². The molecule has 1 aromatic carbocycles. The Balaban J connectivity index is 2.10. The van der Waals surface area contributed by atoms with Crippen molar-refractivity contribution in [3.8, 4) is 0 Å². The SMILES string of the molecule is NC(=O)c1ccccc1CN1CCC[C@@H](N)C1. The second kappa shape index (κ2) is 5.29. The first-order chi connectivity index (χ1) is 8.16. The molecule has 1 saturated heterocycles. The highest BCUT2D eigenvalue weighted by atomic mass is 16.1. The number of hydrogen-bond donors (Lipinski definition) is 2. The van der Waals surface area contributed by atoms with Gasteiger partial charge < -0.3 is 11.5 Å². The Morgan fingerprint density at radius 3 is 2.88 bits per heavy atom. The van der Waals surface area contributed by atoms with Crippen LogP contribution < -0.4 is 11.5 Å². The largest absolute Gasteiger partial charge is 0.366 e. The van der Waals surface area contributed by atoms with Gasteiger partial charge in [0.2, 0.25) is 5.91 Å². The molecule has 4 nitrogen and oxygen atoms in total. The molecule has 0 unspecified atom stereocenters. The molecule has 0 spiro atoms. The molecule has 1 aliphatic heterocycles. The summed E-state index contributed by atoms with van der Waals surface area (Å²) in [5.41, 5.74) is 12.9. The van der Waals surface area contributed by atoms with Gasteiger partial charge in [0.25, 0.3) is 0 Å². The predicted octanol–water partition coefficient (Wildman–Crippen LogP) is 0.709. The summed E-state index contributed by atoms with van der Waals surface area (Å²) in [7, 11) is 0. The van der Waals surface area contributed by atoms with Gasteiger partial charge in [-0.25, -0.2) is 0 Å². The van der Waals surface area contributed by atoms with Gasteiger partial charge in [-0.3, -0.25) is 9.69 Å². The summed E-state index contributed by atoms with van der Waals surface area (Å²) >= 11 is 0. The molecular weight excluding hydrogens is 214 g/mol. The molecule has 1 fully saturated rings. The van der Waals surface area contributed by atoms with Gasteiger partial charge in [-0.15, -0.1) is 0 Å². The van der Waals surface area contributed by atoms with Crippen LogP contribution in [0.1, 0.15) is 28.8 Å². The van der Waals surface area contributed by atoms with Crippen LogP contribution in [-0.4, -0.2) is 29.9 Å². The highest BCUT2D eigenvalue weighted by Gasteiger charge is 2.18. The van der Waals surface area contributed by atoms with E-state index in [0.29, 0.717) is 5.56 Å². The van der Waals surface area contributed by atoms with Crippen LogP contribution in [0, 0.1) is 0 Å². The predicted molar refractivity (Wildman–Crippen MR) is 67.4 cm³/mol. The third-order valence-corrected chi connectivity index (χ3v) is 3.22. The average Bonchev–Trinajstić information content (AvgIpc) is 2.29. The summed E-state index contributed by atoms with van der Waals surface area (Å²) in [6, 6.07) is 7.77. The monoisotopic (exact) mass is 233 g/mol. The van der Waals surface area contributed by atoms with Crippen LogP contribution in [0.3, 0.4) is 0 Å². The number of amides is 1. The van der Waals surface area contributed by atoms with E-state index in [0.717, 1.165) is 38.0 Å². The zero-order chi connectivity index (χ0) is 12.3.